The second kappa shape index (κ2) is 19.1. The number of rotatable bonds is 1. The van der Waals surface area contributed by atoms with Crippen LogP contribution in [0.25, 0.3) is 0 Å². The zero-order valence-corrected chi connectivity index (χ0v) is 12.5. The van der Waals surface area contributed by atoms with Gasteiger partial charge in [0.15, 0.2) is 0 Å². The molecule has 0 aromatic rings. The van der Waals surface area contributed by atoms with Crippen LogP contribution in [-0.2, 0) is 21.7 Å². The Kier molecular flexibility index (Phi) is 27.1. The molecule has 78 valence electrons. The van der Waals surface area contributed by atoms with Gasteiger partial charge in [-0.3, -0.25) is 6.08 Å². The first-order valence-electron chi connectivity index (χ1n) is 4.30. The maximum atomic E-state index is 3.43. The fourth-order valence-electron chi connectivity index (χ4n) is 0.340. The molecular formula is C12H19BrTi. The summed E-state index contributed by atoms with van der Waals surface area (Å²) in [7, 11) is 0. The first-order chi connectivity index (χ1) is 6.15. The maximum absolute atomic E-state index is 3.43. The zero-order chi connectivity index (χ0) is 10.5. The molecule has 2 heteroatoms. The molecule has 0 amide bonds. The Hall–Kier alpha value is 0.414. The first kappa shape index (κ1) is 19.9. The van der Waals surface area contributed by atoms with Crippen molar-refractivity contribution in [2.24, 2.45) is 0 Å². The van der Waals surface area contributed by atoms with Gasteiger partial charge in [0, 0.05) is 5.33 Å². The van der Waals surface area contributed by atoms with Gasteiger partial charge < -0.3 is 5.92 Å². The summed E-state index contributed by atoms with van der Waals surface area (Å²) in [6.45, 7) is 9.68. The van der Waals surface area contributed by atoms with E-state index in [1.165, 1.54) is 5.92 Å². The van der Waals surface area contributed by atoms with Crippen molar-refractivity contribution in [3.63, 3.8) is 0 Å². The molecule has 0 radical (unpaired) electrons. The zero-order valence-electron chi connectivity index (χ0n) is 9.31. The fourth-order valence-corrected chi connectivity index (χ4v) is 0.340. The molecule has 0 aromatic carbocycles. The largest absolute Gasteiger partial charge is 2.00 e. The fraction of sp³-hybridized carbons (Fsp3) is 0.417. The SMILES string of the molecule is C=CCBr.C[C-](C)C.[C-]1=CC=CC1.[Ti+2]. The van der Waals surface area contributed by atoms with Crippen LogP contribution in [0.15, 0.2) is 30.9 Å². The van der Waals surface area contributed by atoms with Crippen LogP contribution < -0.4 is 0 Å². The van der Waals surface area contributed by atoms with Gasteiger partial charge in [0.25, 0.3) is 0 Å². The molecule has 0 atom stereocenters. The Balaban J connectivity index is -0.000000127. The van der Waals surface area contributed by atoms with Gasteiger partial charge in [-0.1, -0.05) is 22.0 Å². The normalized spacial score (nSPS) is 10.6. The summed E-state index contributed by atoms with van der Waals surface area (Å²) in [4.78, 5) is 0. The van der Waals surface area contributed by atoms with Gasteiger partial charge in [0.2, 0.25) is 0 Å². The van der Waals surface area contributed by atoms with E-state index < -0.39 is 0 Å². The van der Waals surface area contributed by atoms with E-state index in [0.717, 1.165) is 11.8 Å². The van der Waals surface area contributed by atoms with Crippen molar-refractivity contribution in [2.45, 2.75) is 27.2 Å². The van der Waals surface area contributed by atoms with Crippen LogP contribution in [0.2, 0.25) is 0 Å². The molecule has 0 heterocycles. The molecule has 0 saturated carbocycles. The van der Waals surface area contributed by atoms with Gasteiger partial charge in [-0.25, -0.2) is 12.2 Å². The van der Waals surface area contributed by atoms with Gasteiger partial charge in [0.1, 0.15) is 0 Å². The number of halogens is 1. The Morgan fingerprint density at radius 2 is 1.93 bits per heavy atom. The van der Waals surface area contributed by atoms with Crippen LogP contribution in [0.5, 0.6) is 0 Å². The second-order valence-corrected chi connectivity index (χ2v) is 3.59. The Labute approximate surface area is 113 Å². The predicted octanol–water partition coefficient (Wildman–Crippen LogP) is 4.49. The summed E-state index contributed by atoms with van der Waals surface area (Å²) >= 11 is 3.13. The molecule has 0 fully saturated rings. The van der Waals surface area contributed by atoms with Crippen molar-refractivity contribution in [1.82, 2.24) is 0 Å². The maximum Gasteiger partial charge on any atom is 2.00 e. The molecule has 0 spiro atoms. The van der Waals surface area contributed by atoms with Gasteiger partial charge >= 0.3 is 21.7 Å². The van der Waals surface area contributed by atoms with Gasteiger partial charge in [-0.15, -0.1) is 13.0 Å². The second-order valence-electron chi connectivity index (χ2n) is 2.95. The summed E-state index contributed by atoms with van der Waals surface area (Å²) in [5, 5.41) is 0.896. The van der Waals surface area contributed by atoms with Crippen molar-refractivity contribution in [3.05, 3.63) is 42.9 Å². The summed E-state index contributed by atoms with van der Waals surface area (Å²) in [6, 6.07) is 0. The summed E-state index contributed by atoms with van der Waals surface area (Å²) in [5.74, 6) is 1.42. The van der Waals surface area contributed by atoms with Gasteiger partial charge in [0.05, 0.1) is 0 Å². The van der Waals surface area contributed by atoms with E-state index in [4.69, 9.17) is 0 Å². The minimum Gasteiger partial charge on any atom is -0.323 e. The van der Waals surface area contributed by atoms with Crippen molar-refractivity contribution in [3.8, 4) is 0 Å². The van der Waals surface area contributed by atoms with Crippen molar-refractivity contribution in [1.29, 1.82) is 0 Å². The van der Waals surface area contributed by atoms with Gasteiger partial charge in [-0.05, 0) is 0 Å². The number of hydrogen-bond acceptors (Lipinski definition) is 0. The van der Waals surface area contributed by atoms with Crippen LogP contribution in [0.4, 0.5) is 0 Å². The average Bonchev–Trinajstić information content (AvgIpc) is 2.59. The van der Waals surface area contributed by atoms with Crippen molar-refractivity contribution in [2.75, 3.05) is 5.33 Å². The van der Waals surface area contributed by atoms with Crippen molar-refractivity contribution < 1.29 is 21.7 Å². The summed E-state index contributed by atoms with van der Waals surface area (Å²) in [5.41, 5.74) is 0. The third kappa shape index (κ3) is 39.3. The molecular weight excluding hydrogens is 272 g/mol. The molecule has 1 aliphatic carbocycles. The quantitative estimate of drug-likeness (QED) is 0.289. The van der Waals surface area contributed by atoms with E-state index >= 15 is 0 Å². The van der Waals surface area contributed by atoms with Crippen LogP contribution >= 0.6 is 15.9 Å². The minimum atomic E-state index is 0. The molecule has 0 aromatic heterocycles. The molecule has 0 unspecified atom stereocenters. The molecule has 0 saturated heterocycles. The summed E-state index contributed by atoms with van der Waals surface area (Å²) in [6.07, 6.45) is 11.8. The first-order valence-corrected chi connectivity index (χ1v) is 5.42. The number of hydrogen-bond donors (Lipinski definition) is 0. The Morgan fingerprint density at radius 3 is 2.00 bits per heavy atom. The van der Waals surface area contributed by atoms with Crippen molar-refractivity contribution >= 4 is 15.9 Å². The number of allylic oxidation sites excluding steroid dienone is 5. The third-order valence-electron chi connectivity index (χ3n) is 0.695. The van der Waals surface area contributed by atoms with Crippen LogP contribution in [-0.4, -0.2) is 5.33 Å². The molecule has 1 rings (SSSR count). The molecule has 0 bridgehead atoms. The molecule has 0 nitrogen and oxygen atoms in total. The molecule has 14 heavy (non-hydrogen) atoms. The smallest absolute Gasteiger partial charge is 0.323 e. The average molecular weight is 291 g/mol. The van der Waals surface area contributed by atoms with E-state index in [9.17, 15) is 0 Å². The topological polar surface area (TPSA) is 0 Å². The van der Waals surface area contributed by atoms with E-state index in [1.807, 2.05) is 12.2 Å². The van der Waals surface area contributed by atoms with Crippen LogP contribution in [0.1, 0.15) is 27.2 Å². The Morgan fingerprint density at radius 1 is 1.50 bits per heavy atom. The van der Waals surface area contributed by atoms with E-state index in [1.54, 1.807) is 6.08 Å². The number of alkyl halides is 1. The molecule has 1 aliphatic rings. The standard InChI is InChI=1S/C5H5.C4H9.C3H5Br.Ti/c1-2-4-5-3-1;1-4(2)3;1-2-3-4;/h1-3H,4H2;1-3H3;2H,1,3H2;/q2*-1;;+2. The predicted molar refractivity (Wildman–Crippen MR) is 65.8 cm³/mol. The minimum absolute atomic E-state index is 0. The summed E-state index contributed by atoms with van der Waals surface area (Å²) < 4.78 is 0. The van der Waals surface area contributed by atoms with E-state index in [2.05, 4.69) is 55.4 Å². The molecule has 0 N–H and O–H groups in total. The monoisotopic (exact) mass is 290 g/mol. The third-order valence-corrected chi connectivity index (χ3v) is 1.15. The van der Waals surface area contributed by atoms with Crippen LogP contribution in [0, 0.1) is 12.0 Å². The van der Waals surface area contributed by atoms with Crippen LogP contribution in [0.3, 0.4) is 0 Å². The van der Waals surface area contributed by atoms with Gasteiger partial charge in [-0.2, -0.15) is 26.8 Å². The van der Waals surface area contributed by atoms with E-state index in [-0.39, 0.29) is 21.7 Å². The van der Waals surface area contributed by atoms with E-state index in [0.29, 0.717) is 0 Å². The molecule has 0 aliphatic heterocycles. The Bertz CT molecular complexity index is 136.